The fraction of sp³-hybridized carbons (Fsp3) is 0.120. The van der Waals surface area contributed by atoms with Crippen LogP contribution in [0.3, 0.4) is 0 Å². The first kappa shape index (κ1) is 22.0. The van der Waals surface area contributed by atoms with Gasteiger partial charge in [0.15, 0.2) is 6.61 Å². The molecular formula is C25H20ClNO4S. The Hall–Kier alpha value is -3.22. The number of para-hydroxylation sites is 2. The zero-order valence-corrected chi connectivity index (χ0v) is 18.8. The lowest BCUT2D eigenvalue weighted by Gasteiger charge is -2.08. The van der Waals surface area contributed by atoms with Crippen LogP contribution in [0.4, 0.5) is 5.69 Å². The Morgan fingerprint density at radius 1 is 1.00 bits per heavy atom. The lowest BCUT2D eigenvalue weighted by molar-refractivity contribution is -0.119. The van der Waals surface area contributed by atoms with Crippen molar-refractivity contribution >= 4 is 51.9 Å². The van der Waals surface area contributed by atoms with Gasteiger partial charge in [0, 0.05) is 32.3 Å². The fourth-order valence-corrected chi connectivity index (χ4v) is 4.24. The van der Waals surface area contributed by atoms with Gasteiger partial charge < -0.3 is 14.5 Å². The molecule has 0 atom stereocenters. The molecule has 0 spiro atoms. The lowest BCUT2D eigenvalue weighted by Crippen LogP contribution is -2.21. The van der Waals surface area contributed by atoms with E-state index in [1.165, 1.54) is 0 Å². The van der Waals surface area contributed by atoms with Crippen molar-refractivity contribution in [2.75, 3.05) is 11.9 Å². The maximum absolute atomic E-state index is 12.8. The largest absolute Gasteiger partial charge is 0.450 e. The molecule has 1 amide bonds. The number of halogens is 1. The van der Waals surface area contributed by atoms with E-state index in [2.05, 4.69) is 5.32 Å². The number of amides is 1. The molecule has 32 heavy (non-hydrogen) atoms. The number of rotatable bonds is 7. The van der Waals surface area contributed by atoms with Gasteiger partial charge >= 0.3 is 5.97 Å². The van der Waals surface area contributed by atoms with Crippen LogP contribution in [0.2, 0.25) is 5.02 Å². The number of carbonyl (C=O) groups is 2. The molecule has 1 N–H and O–H groups in total. The predicted octanol–water partition coefficient (Wildman–Crippen LogP) is 6.48. The molecule has 4 aromatic rings. The topological polar surface area (TPSA) is 68.5 Å². The molecule has 3 aromatic carbocycles. The molecule has 0 aliphatic carbocycles. The number of nitrogens with one attached hydrogen (secondary N) is 1. The van der Waals surface area contributed by atoms with Crippen molar-refractivity contribution in [1.29, 1.82) is 0 Å². The molecule has 0 saturated heterocycles. The molecule has 0 aliphatic rings. The van der Waals surface area contributed by atoms with Gasteiger partial charge in [-0.1, -0.05) is 48.0 Å². The lowest BCUT2D eigenvalue weighted by atomic mass is 10.1. The predicted molar refractivity (Wildman–Crippen MR) is 127 cm³/mol. The Morgan fingerprint density at radius 3 is 2.50 bits per heavy atom. The summed E-state index contributed by atoms with van der Waals surface area (Å²) in [5, 5.41) is 4.25. The molecule has 0 bridgehead atoms. The number of aryl methyl sites for hydroxylation is 1. The minimum absolute atomic E-state index is 0.108. The highest BCUT2D eigenvalue weighted by molar-refractivity contribution is 7.98. The van der Waals surface area contributed by atoms with Crippen LogP contribution in [0, 0.1) is 6.92 Å². The van der Waals surface area contributed by atoms with Crippen LogP contribution < -0.4 is 5.32 Å². The van der Waals surface area contributed by atoms with E-state index in [4.69, 9.17) is 20.8 Å². The number of benzene rings is 3. The quantitative estimate of drug-likeness (QED) is 0.250. The van der Waals surface area contributed by atoms with Gasteiger partial charge in [0.05, 0.1) is 0 Å². The number of hydrogen-bond donors (Lipinski definition) is 1. The minimum Gasteiger partial charge on any atom is -0.450 e. The van der Waals surface area contributed by atoms with Gasteiger partial charge in [0.2, 0.25) is 5.76 Å². The molecule has 0 aliphatic heterocycles. The van der Waals surface area contributed by atoms with Gasteiger partial charge in [-0.3, -0.25) is 4.79 Å². The highest BCUT2D eigenvalue weighted by Gasteiger charge is 2.23. The Bertz CT molecular complexity index is 1270. The maximum Gasteiger partial charge on any atom is 0.375 e. The van der Waals surface area contributed by atoms with Crippen LogP contribution in [0.5, 0.6) is 0 Å². The molecule has 1 heterocycles. The van der Waals surface area contributed by atoms with E-state index < -0.39 is 18.5 Å². The van der Waals surface area contributed by atoms with Crippen molar-refractivity contribution in [3.8, 4) is 0 Å². The van der Waals surface area contributed by atoms with Crippen LogP contribution in [0.25, 0.3) is 11.0 Å². The molecule has 0 unspecified atom stereocenters. The van der Waals surface area contributed by atoms with Crippen LogP contribution in [0.15, 0.2) is 82.1 Å². The fourth-order valence-electron chi connectivity index (χ4n) is 3.19. The summed E-state index contributed by atoms with van der Waals surface area (Å²) < 4.78 is 11.1. The molecule has 0 radical (unpaired) electrons. The Balaban J connectivity index is 1.48. The van der Waals surface area contributed by atoms with E-state index in [9.17, 15) is 9.59 Å². The third-order valence-electron chi connectivity index (χ3n) is 4.83. The van der Waals surface area contributed by atoms with Crippen molar-refractivity contribution < 1.29 is 18.7 Å². The molecule has 1 aromatic heterocycles. The number of hydrogen-bond acceptors (Lipinski definition) is 5. The molecule has 7 heteroatoms. The van der Waals surface area contributed by atoms with Crippen molar-refractivity contribution in [3.63, 3.8) is 0 Å². The van der Waals surface area contributed by atoms with E-state index in [1.807, 2.05) is 67.6 Å². The molecule has 0 saturated carbocycles. The van der Waals surface area contributed by atoms with Crippen LogP contribution in [-0.2, 0) is 15.3 Å². The number of furan rings is 1. The normalized spacial score (nSPS) is 10.8. The zero-order valence-electron chi connectivity index (χ0n) is 17.3. The van der Waals surface area contributed by atoms with Gasteiger partial charge in [-0.25, -0.2) is 4.79 Å². The number of esters is 1. The summed E-state index contributed by atoms with van der Waals surface area (Å²) in [6.45, 7) is 1.48. The highest BCUT2D eigenvalue weighted by Crippen LogP contribution is 2.33. The van der Waals surface area contributed by atoms with Gasteiger partial charge in [0.1, 0.15) is 5.58 Å². The Kier molecular flexibility index (Phi) is 6.83. The summed E-state index contributed by atoms with van der Waals surface area (Å²) in [7, 11) is 0. The number of ether oxygens (including phenoxy) is 1. The van der Waals surface area contributed by atoms with Crippen LogP contribution in [-0.4, -0.2) is 18.5 Å². The SMILES string of the molecule is Cc1ccccc1NC(=O)COC(=O)c1oc2ccccc2c1CSc1ccc(Cl)cc1. The average molecular weight is 466 g/mol. The minimum atomic E-state index is -0.673. The summed E-state index contributed by atoms with van der Waals surface area (Å²) in [6, 6.07) is 22.3. The van der Waals surface area contributed by atoms with Gasteiger partial charge in [-0.05, 0) is 48.9 Å². The molecule has 5 nitrogen and oxygen atoms in total. The number of fused-ring (bicyclic) bond motifs is 1. The molecule has 4 rings (SSSR count). The smallest absolute Gasteiger partial charge is 0.375 e. The highest BCUT2D eigenvalue weighted by atomic mass is 35.5. The summed E-state index contributed by atoms with van der Waals surface area (Å²) in [5.74, 6) is -0.483. The second kappa shape index (κ2) is 9.94. The second-order valence-electron chi connectivity index (χ2n) is 7.09. The first-order chi connectivity index (χ1) is 15.5. The number of thioether (sulfide) groups is 1. The Labute approximate surface area is 194 Å². The summed E-state index contributed by atoms with van der Waals surface area (Å²) in [5.41, 5.74) is 2.92. The monoisotopic (exact) mass is 465 g/mol. The van der Waals surface area contributed by atoms with Gasteiger partial charge in [-0.2, -0.15) is 0 Å². The van der Waals surface area contributed by atoms with E-state index in [-0.39, 0.29) is 5.76 Å². The van der Waals surface area contributed by atoms with Crippen molar-refractivity contribution in [1.82, 2.24) is 0 Å². The van der Waals surface area contributed by atoms with Crippen LogP contribution in [0.1, 0.15) is 21.7 Å². The van der Waals surface area contributed by atoms with Crippen molar-refractivity contribution in [2.24, 2.45) is 0 Å². The summed E-state index contributed by atoms with van der Waals surface area (Å²) in [4.78, 5) is 26.1. The third kappa shape index (κ3) is 5.15. The summed E-state index contributed by atoms with van der Waals surface area (Å²) >= 11 is 7.51. The van der Waals surface area contributed by atoms with Crippen LogP contribution >= 0.6 is 23.4 Å². The average Bonchev–Trinajstić information content (AvgIpc) is 3.17. The van der Waals surface area contributed by atoms with E-state index in [1.54, 1.807) is 23.9 Å². The van der Waals surface area contributed by atoms with Gasteiger partial charge in [-0.15, -0.1) is 11.8 Å². The Morgan fingerprint density at radius 2 is 1.72 bits per heavy atom. The van der Waals surface area contributed by atoms with Crippen molar-refractivity contribution in [3.05, 3.63) is 94.7 Å². The standard InChI is InChI=1S/C25H20ClNO4S/c1-16-6-2-4-8-21(16)27-23(28)14-30-25(29)24-20(19-7-3-5-9-22(19)31-24)15-32-18-12-10-17(26)11-13-18/h2-13H,14-15H2,1H3,(H,27,28). The number of anilines is 1. The first-order valence-electron chi connectivity index (χ1n) is 9.92. The van der Waals surface area contributed by atoms with E-state index in [0.717, 1.165) is 21.4 Å². The second-order valence-corrected chi connectivity index (χ2v) is 8.57. The first-order valence-corrected chi connectivity index (χ1v) is 11.3. The van der Waals surface area contributed by atoms with E-state index in [0.29, 0.717) is 22.0 Å². The maximum atomic E-state index is 12.8. The van der Waals surface area contributed by atoms with E-state index >= 15 is 0 Å². The van der Waals surface area contributed by atoms with Gasteiger partial charge in [0.25, 0.3) is 5.91 Å². The molecular weight excluding hydrogens is 446 g/mol. The zero-order chi connectivity index (χ0) is 22.5. The van der Waals surface area contributed by atoms with Crippen molar-refractivity contribution in [2.45, 2.75) is 17.6 Å². The molecule has 0 fully saturated rings. The molecule has 162 valence electrons. The number of carbonyl (C=O) groups excluding carboxylic acids is 2. The summed E-state index contributed by atoms with van der Waals surface area (Å²) in [6.07, 6.45) is 0. The third-order valence-corrected chi connectivity index (χ3v) is 6.12.